The maximum absolute atomic E-state index is 12.3. The average Bonchev–Trinajstić information content (AvgIpc) is 2.65. The number of carbonyl (C=O) groups excluding carboxylic acids is 2. The Morgan fingerprint density at radius 3 is 2.50 bits per heavy atom. The first-order chi connectivity index (χ1) is 12.5. The number of hydrogen-bond donors (Lipinski definition) is 2. The number of anilines is 2. The molecule has 0 unspecified atom stereocenters. The highest BCUT2D eigenvalue weighted by atomic mass is 35.5. The Morgan fingerprint density at radius 1 is 1.12 bits per heavy atom. The molecule has 1 amide bonds. The van der Waals surface area contributed by atoms with E-state index in [0.717, 1.165) is 0 Å². The number of para-hydroxylation sites is 1. The zero-order chi connectivity index (χ0) is 19.1. The Morgan fingerprint density at radius 2 is 1.81 bits per heavy atom. The molecule has 26 heavy (non-hydrogen) atoms. The number of nitriles is 1. The quantitative estimate of drug-likeness (QED) is 0.453. The lowest BCUT2D eigenvalue weighted by molar-refractivity contribution is -0.112. The lowest BCUT2D eigenvalue weighted by Crippen LogP contribution is -2.15. The lowest BCUT2D eigenvalue weighted by Gasteiger charge is -2.09. The summed E-state index contributed by atoms with van der Waals surface area (Å²) >= 11 is 11.9. The molecule has 2 aromatic carbocycles. The fourth-order valence-corrected chi connectivity index (χ4v) is 2.33. The molecule has 0 aliphatic carbocycles. The average molecular weight is 390 g/mol. The Bertz CT molecular complexity index is 920. The number of benzene rings is 2. The third kappa shape index (κ3) is 4.54. The fourth-order valence-electron chi connectivity index (χ4n) is 1.99. The van der Waals surface area contributed by atoms with Gasteiger partial charge in [0.15, 0.2) is 0 Å². The van der Waals surface area contributed by atoms with E-state index in [1.807, 2.05) is 0 Å². The number of amides is 1. The van der Waals surface area contributed by atoms with Crippen LogP contribution in [0.5, 0.6) is 0 Å². The smallest absolute Gasteiger partial charge is 0.339 e. The van der Waals surface area contributed by atoms with Crippen molar-refractivity contribution >= 4 is 46.5 Å². The van der Waals surface area contributed by atoms with Gasteiger partial charge < -0.3 is 15.4 Å². The minimum Gasteiger partial charge on any atom is -0.465 e. The molecule has 8 heteroatoms. The van der Waals surface area contributed by atoms with Crippen molar-refractivity contribution in [3.8, 4) is 6.07 Å². The van der Waals surface area contributed by atoms with E-state index < -0.39 is 11.9 Å². The van der Waals surface area contributed by atoms with E-state index in [-0.39, 0.29) is 26.9 Å². The highest BCUT2D eigenvalue weighted by molar-refractivity contribution is 6.44. The van der Waals surface area contributed by atoms with Crippen LogP contribution < -0.4 is 10.6 Å². The molecule has 0 bridgehead atoms. The molecule has 0 spiro atoms. The van der Waals surface area contributed by atoms with Crippen molar-refractivity contribution in [2.75, 3.05) is 17.7 Å². The Hall–Kier alpha value is -3.01. The molecule has 2 N–H and O–H groups in total. The molecule has 0 atom stereocenters. The second-order valence-corrected chi connectivity index (χ2v) is 5.69. The number of esters is 1. The minimum absolute atomic E-state index is 0.170. The number of hydrogen-bond acceptors (Lipinski definition) is 5. The molecule has 0 fully saturated rings. The lowest BCUT2D eigenvalue weighted by atomic mass is 10.2. The van der Waals surface area contributed by atoms with Gasteiger partial charge >= 0.3 is 5.97 Å². The second-order valence-electron chi connectivity index (χ2n) is 4.91. The van der Waals surface area contributed by atoms with Gasteiger partial charge in [0.05, 0.1) is 34.1 Å². The van der Waals surface area contributed by atoms with Gasteiger partial charge in [0.1, 0.15) is 11.6 Å². The molecule has 2 aromatic rings. The summed E-state index contributed by atoms with van der Waals surface area (Å²) < 4.78 is 4.69. The number of nitrogens with one attached hydrogen (secondary N) is 2. The van der Waals surface area contributed by atoms with Crippen LogP contribution in [-0.4, -0.2) is 19.0 Å². The summed E-state index contributed by atoms with van der Waals surface area (Å²) in [7, 11) is 1.26. The number of carbonyl (C=O) groups is 2. The van der Waals surface area contributed by atoms with E-state index in [1.165, 1.54) is 13.3 Å². The molecule has 0 saturated carbocycles. The van der Waals surface area contributed by atoms with Crippen molar-refractivity contribution in [1.82, 2.24) is 0 Å². The van der Waals surface area contributed by atoms with Gasteiger partial charge in [-0.05, 0) is 24.3 Å². The standard InChI is InChI=1S/C18H13Cl2N3O3/c1-26-18(25)12-5-2-3-7-14(12)22-10-11(9-21)17(24)23-15-8-4-6-13(19)16(15)20/h2-8,10,22H,1H3,(H,23,24)/b11-10-. The second kappa shape index (κ2) is 8.90. The molecule has 0 heterocycles. The van der Waals surface area contributed by atoms with Gasteiger partial charge in [0.2, 0.25) is 0 Å². The third-order valence-corrected chi connectivity index (χ3v) is 4.09. The van der Waals surface area contributed by atoms with Crippen molar-refractivity contribution < 1.29 is 14.3 Å². The molecule has 0 aromatic heterocycles. The van der Waals surface area contributed by atoms with Gasteiger partial charge in [-0.3, -0.25) is 4.79 Å². The summed E-state index contributed by atoms with van der Waals surface area (Å²) in [5.74, 6) is -1.23. The van der Waals surface area contributed by atoms with E-state index in [4.69, 9.17) is 23.2 Å². The number of nitrogens with zero attached hydrogens (tertiary/aromatic N) is 1. The molecule has 0 aliphatic heterocycles. The molecular weight excluding hydrogens is 377 g/mol. The van der Waals surface area contributed by atoms with Gasteiger partial charge in [-0.25, -0.2) is 4.79 Å². The number of rotatable bonds is 5. The van der Waals surface area contributed by atoms with Gasteiger partial charge in [-0.2, -0.15) is 5.26 Å². The Kier molecular flexibility index (Phi) is 6.61. The van der Waals surface area contributed by atoms with Crippen LogP contribution in [0.25, 0.3) is 0 Å². The maximum atomic E-state index is 12.3. The van der Waals surface area contributed by atoms with Gasteiger partial charge in [-0.15, -0.1) is 0 Å². The van der Waals surface area contributed by atoms with Crippen LogP contribution in [0, 0.1) is 11.3 Å². The summed E-state index contributed by atoms with van der Waals surface area (Å²) in [5, 5.41) is 15.0. The topological polar surface area (TPSA) is 91.2 Å². The molecule has 0 aliphatic rings. The SMILES string of the molecule is COC(=O)c1ccccc1N/C=C(/C#N)C(=O)Nc1cccc(Cl)c1Cl. The van der Waals surface area contributed by atoms with Crippen LogP contribution in [0.4, 0.5) is 11.4 Å². The Labute approximate surface area is 160 Å². The highest BCUT2D eigenvalue weighted by Crippen LogP contribution is 2.29. The van der Waals surface area contributed by atoms with Crippen LogP contribution in [0.1, 0.15) is 10.4 Å². The predicted octanol–water partition coefficient (Wildman–Crippen LogP) is 4.24. The normalized spacial score (nSPS) is 10.6. The van der Waals surface area contributed by atoms with Gasteiger partial charge in [-0.1, -0.05) is 41.4 Å². The van der Waals surface area contributed by atoms with E-state index in [2.05, 4.69) is 15.4 Å². The number of methoxy groups -OCH3 is 1. The van der Waals surface area contributed by atoms with Crippen molar-refractivity contribution in [3.63, 3.8) is 0 Å². The van der Waals surface area contributed by atoms with E-state index in [0.29, 0.717) is 5.69 Å². The van der Waals surface area contributed by atoms with E-state index >= 15 is 0 Å². The molecule has 0 saturated heterocycles. The summed E-state index contributed by atoms with van der Waals surface area (Å²) in [6.07, 6.45) is 1.19. The maximum Gasteiger partial charge on any atom is 0.339 e. The highest BCUT2D eigenvalue weighted by Gasteiger charge is 2.14. The molecule has 0 radical (unpaired) electrons. The summed E-state index contributed by atoms with van der Waals surface area (Å²) in [5.41, 5.74) is 0.712. The monoisotopic (exact) mass is 389 g/mol. The number of halogens is 2. The van der Waals surface area contributed by atoms with Crippen molar-refractivity contribution in [3.05, 3.63) is 69.8 Å². The van der Waals surface area contributed by atoms with Gasteiger partial charge in [0.25, 0.3) is 5.91 Å². The van der Waals surface area contributed by atoms with Crippen LogP contribution >= 0.6 is 23.2 Å². The van der Waals surface area contributed by atoms with Gasteiger partial charge in [0, 0.05) is 6.20 Å². The van der Waals surface area contributed by atoms with Crippen molar-refractivity contribution in [1.29, 1.82) is 5.26 Å². The summed E-state index contributed by atoms with van der Waals surface area (Å²) in [6, 6.07) is 13.1. The Balaban J connectivity index is 2.21. The molecule has 132 valence electrons. The van der Waals surface area contributed by atoms with Crippen LogP contribution in [-0.2, 0) is 9.53 Å². The van der Waals surface area contributed by atoms with Crippen LogP contribution in [0.15, 0.2) is 54.2 Å². The van der Waals surface area contributed by atoms with Crippen LogP contribution in [0.2, 0.25) is 10.0 Å². The zero-order valence-electron chi connectivity index (χ0n) is 13.5. The summed E-state index contributed by atoms with van der Waals surface area (Å²) in [4.78, 5) is 24.0. The first-order valence-corrected chi connectivity index (χ1v) is 8.03. The van der Waals surface area contributed by atoms with Crippen molar-refractivity contribution in [2.24, 2.45) is 0 Å². The first-order valence-electron chi connectivity index (χ1n) is 7.27. The molecule has 2 rings (SSSR count). The first kappa shape index (κ1) is 19.3. The van der Waals surface area contributed by atoms with Crippen LogP contribution in [0.3, 0.4) is 0 Å². The van der Waals surface area contributed by atoms with E-state index in [1.54, 1.807) is 48.5 Å². The minimum atomic E-state index is -0.681. The summed E-state index contributed by atoms with van der Waals surface area (Å²) in [6.45, 7) is 0. The largest absolute Gasteiger partial charge is 0.465 e. The fraction of sp³-hybridized carbons (Fsp3) is 0.0556. The third-order valence-electron chi connectivity index (χ3n) is 3.27. The zero-order valence-corrected chi connectivity index (χ0v) is 15.1. The predicted molar refractivity (Wildman–Crippen MR) is 100 cm³/mol. The van der Waals surface area contributed by atoms with Crippen molar-refractivity contribution in [2.45, 2.75) is 0 Å². The number of ether oxygens (including phenoxy) is 1. The molecular formula is C18H13Cl2N3O3. The molecule has 6 nitrogen and oxygen atoms in total. The van der Waals surface area contributed by atoms with E-state index in [9.17, 15) is 14.9 Å².